The summed E-state index contributed by atoms with van der Waals surface area (Å²) in [5.41, 5.74) is 1.44. The first-order valence-corrected chi connectivity index (χ1v) is 7.38. The number of hydrogen-bond acceptors (Lipinski definition) is 3. The third-order valence-electron chi connectivity index (χ3n) is 2.65. The van der Waals surface area contributed by atoms with Crippen molar-refractivity contribution < 1.29 is 9.59 Å². The monoisotopic (exact) mass is 337 g/mol. The van der Waals surface area contributed by atoms with Crippen LogP contribution in [0, 0.1) is 0 Å². The standard InChI is InChI=1S/C14H12BrNO2S/c1-16(8-10-6-7-19-9-10)14(18)13(17)11-2-4-12(15)5-3-11/h2-7,9H,8H2,1H3. The van der Waals surface area contributed by atoms with Crippen molar-refractivity contribution in [3.8, 4) is 0 Å². The predicted molar refractivity (Wildman–Crippen MR) is 79.3 cm³/mol. The highest BCUT2D eigenvalue weighted by Gasteiger charge is 2.20. The summed E-state index contributed by atoms with van der Waals surface area (Å²) in [6.45, 7) is 0.449. The first-order valence-electron chi connectivity index (χ1n) is 5.64. The summed E-state index contributed by atoms with van der Waals surface area (Å²) in [5, 5.41) is 3.91. The molecule has 2 aromatic rings. The molecule has 19 heavy (non-hydrogen) atoms. The predicted octanol–water partition coefficient (Wildman–Crippen LogP) is 3.35. The fourth-order valence-corrected chi connectivity index (χ4v) is 2.55. The molecule has 0 aliphatic rings. The molecule has 0 unspecified atom stereocenters. The van der Waals surface area contributed by atoms with Gasteiger partial charge in [0.05, 0.1) is 0 Å². The van der Waals surface area contributed by atoms with Gasteiger partial charge < -0.3 is 4.90 Å². The Morgan fingerprint density at radius 3 is 2.47 bits per heavy atom. The van der Waals surface area contributed by atoms with Gasteiger partial charge in [-0.05, 0) is 46.7 Å². The highest BCUT2D eigenvalue weighted by molar-refractivity contribution is 9.10. The summed E-state index contributed by atoms with van der Waals surface area (Å²) in [7, 11) is 1.64. The Hall–Kier alpha value is -1.46. The molecule has 0 N–H and O–H groups in total. The minimum atomic E-state index is -0.492. The summed E-state index contributed by atoms with van der Waals surface area (Å²) in [6.07, 6.45) is 0. The molecule has 5 heteroatoms. The Balaban J connectivity index is 2.06. The van der Waals surface area contributed by atoms with Crippen molar-refractivity contribution in [2.75, 3.05) is 7.05 Å². The van der Waals surface area contributed by atoms with Gasteiger partial charge in [-0.1, -0.05) is 15.9 Å². The molecule has 1 aromatic heterocycles. The Morgan fingerprint density at radius 2 is 1.89 bits per heavy atom. The van der Waals surface area contributed by atoms with Crippen molar-refractivity contribution in [3.63, 3.8) is 0 Å². The van der Waals surface area contributed by atoms with E-state index in [9.17, 15) is 9.59 Å². The lowest BCUT2D eigenvalue weighted by Crippen LogP contribution is -2.32. The Kier molecular flexibility index (Phi) is 4.50. The first kappa shape index (κ1) is 14.0. The number of nitrogens with zero attached hydrogens (tertiary/aromatic N) is 1. The number of carbonyl (C=O) groups is 2. The first-order chi connectivity index (χ1) is 9.08. The lowest BCUT2D eigenvalue weighted by molar-refractivity contribution is -0.125. The summed E-state index contributed by atoms with van der Waals surface area (Å²) >= 11 is 4.87. The van der Waals surface area contributed by atoms with E-state index in [1.165, 1.54) is 4.90 Å². The molecule has 0 spiro atoms. The highest BCUT2D eigenvalue weighted by atomic mass is 79.9. The van der Waals surface area contributed by atoms with E-state index in [0.29, 0.717) is 12.1 Å². The zero-order valence-corrected chi connectivity index (χ0v) is 12.7. The van der Waals surface area contributed by atoms with Crippen LogP contribution >= 0.6 is 27.3 Å². The zero-order valence-electron chi connectivity index (χ0n) is 10.3. The molecule has 98 valence electrons. The average molecular weight is 338 g/mol. The topological polar surface area (TPSA) is 37.4 Å². The van der Waals surface area contributed by atoms with Gasteiger partial charge in [0.15, 0.2) is 0 Å². The van der Waals surface area contributed by atoms with E-state index in [2.05, 4.69) is 15.9 Å². The van der Waals surface area contributed by atoms with E-state index < -0.39 is 11.7 Å². The smallest absolute Gasteiger partial charge is 0.295 e. The Labute approximate surface area is 124 Å². The number of benzene rings is 1. The van der Waals surface area contributed by atoms with Gasteiger partial charge in [0.1, 0.15) is 0 Å². The number of amides is 1. The number of halogens is 1. The van der Waals surface area contributed by atoms with Crippen molar-refractivity contribution >= 4 is 39.0 Å². The molecule has 0 radical (unpaired) electrons. The van der Waals surface area contributed by atoms with E-state index in [1.54, 1.807) is 42.6 Å². The molecular formula is C14H12BrNO2S. The molecule has 1 aromatic carbocycles. The maximum Gasteiger partial charge on any atom is 0.295 e. The second-order valence-electron chi connectivity index (χ2n) is 4.13. The van der Waals surface area contributed by atoms with E-state index in [4.69, 9.17) is 0 Å². The fraction of sp³-hybridized carbons (Fsp3) is 0.143. The van der Waals surface area contributed by atoms with Gasteiger partial charge in [-0.25, -0.2) is 0 Å². The van der Waals surface area contributed by atoms with Crippen LogP contribution in [0.2, 0.25) is 0 Å². The molecule has 0 fully saturated rings. The highest BCUT2D eigenvalue weighted by Crippen LogP contribution is 2.13. The molecule has 0 saturated carbocycles. The quantitative estimate of drug-likeness (QED) is 0.633. The molecule has 1 heterocycles. The number of carbonyl (C=O) groups excluding carboxylic acids is 2. The van der Waals surface area contributed by atoms with Crippen molar-refractivity contribution in [1.82, 2.24) is 4.90 Å². The van der Waals surface area contributed by atoms with Crippen LogP contribution in [0.5, 0.6) is 0 Å². The van der Waals surface area contributed by atoms with Crippen molar-refractivity contribution in [2.24, 2.45) is 0 Å². The number of ketones is 1. The molecule has 2 rings (SSSR count). The molecule has 1 amide bonds. The molecule has 0 atom stereocenters. The molecule has 0 bridgehead atoms. The minimum absolute atomic E-state index is 0.408. The van der Waals surface area contributed by atoms with E-state index >= 15 is 0 Å². The minimum Gasteiger partial charge on any atom is -0.335 e. The number of hydrogen-bond donors (Lipinski definition) is 0. The van der Waals surface area contributed by atoms with Gasteiger partial charge in [0.2, 0.25) is 5.78 Å². The SMILES string of the molecule is CN(Cc1ccsc1)C(=O)C(=O)c1ccc(Br)cc1. The van der Waals surface area contributed by atoms with Crippen LogP contribution < -0.4 is 0 Å². The number of rotatable bonds is 4. The maximum absolute atomic E-state index is 12.0. The Bertz CT molecular complexity index is 578. The van der Waals surface area contributed by atoms with Crippen LogP contribution in [0.15, 0.2) is 45.6 Å². The van der Waals surface area contributed by atoms with Gasteiger partial charge in [-0.3, -0.25) is 9.59 Å². The van der Waals surface area contributed by atoms with Gasteiger partial charge in [-0.15, -0.1) is 0 Å². The van der Waals surface area contributed by atoms with Gasteiger partial charge in [0, 0.05) is 23.6 Å². The molecule has 0 aliphatic heterocycles. The lowest BCUT2D eigenvalue weighted by atomic mass is 10.1. The summed E-state index contributed by atoms with van der Waals surface area (Å²) in [5.74, 6) is -0.973. The van der Waals surface area contributed by atoms with Crippen LogP contribution in [-0.4, -0.2) is 23.6 Å². The molecule has 0 aliphatic carbocycles. The summed E-state index contributed by atoms with van der Waals surface area (Å²) < 4.78 is 0.878. The van der Waals surface area contributed by atoms with Crippen LogP contribution in [0.4, 0.5) is 0 Å². The second-order valence-corrected chi connectivity index (χ2v) is 5.82. The van der Waals surface area contributed by atoms with Crippen molar-refractivity contribution in [3.05, 3.63) is 56.7 Å². The molecule has 3 nitrogen and oxygen atoms in total. The van der Waals surface area contributed by atoms with Crippen molar-refractivity contribution in [1.29, 1.82) is 0 Å². The largest absolute Gasteiger partial charge is 0.335 e. The fourth-order valence-electron chi connectivity index (χ4n) is 1.63. The number of Topliss-reactive ketones (excluding diaryl/α,β-unsaturated/α-hetero) is 1. The van der Waals surface area contributed by atoms with Crippen molar-refractivity contribution in [2.45, 2.75) is 6.54 Å². The summed E-state index contributed by atoms with van der Waals surface area (Å²) in [6, 6.07) is 8.73. The maximum atomic E-state index is 12.0. The third-order valence-corrected chi connectivity index (χ3v) is 3.91. The van der Waals surface area contributed by atoms with Gasteiger partial charge in [-0.2, -0.15) is 11.3 Å². The zero-order chi connectivity index (χ0) is 13.8. The van der Waals surface area contributed by atoms with Crippen LogP contribution in [0.25, 0.3) is 0 Å². The Morgan fingerprint density at radius 1 is 1.21 bits per heavy atom. The molecule has 0 saturated heterocycles. The number of thiophene rings is 1. The normalized spacial score (nSPS) is 10.2. The molecular weight excluding hydrogens is 326 g/mol. The summed E-state index contributed by atoms with van der Waals surface area (Å²) in [4.78, 5) is 25.5. The van der Waals surface area contributed by atoms with Crippen LogP contribution in [-0.2, 0) is 11.3 Å². The van der Waals surface area contributed by atoms with E-state index in [0.717, 1.165) is 10.0 Å². The van der Waals surface area contributed by atoms with E-state index in [-0.39, 0.29) is 0 Å². The lowest BCUT2D eigenvalue weighted by Gasteiger charge is -2.15. The average Bonchev–Trinajstić information content (AvgIpc) is 2.90. The van der Waals surface area contributed by atoms with Crippen LogP contribution in [0.3, 0.4) is 0 Å². The van der Waals surface area contributed by atoms with Crippen LogP contribution in [0.1, 0.15) is 15.9 Å². The number of likely N-dealkylation sites (N-methyl/N-ethyl adjacent to an activating group) is 1. The second kappa shape index (κ2) is 6.12. The van der Waals surface area contributed by atoms with E-state index in [1.807, 2.05) is 16.8 Å². The van der Waals surface area contributed by atoms with Gasteiger partial charge in [0.25, 0.3) is 5.91 Å². The van der Waals surface area contributed by atoms with Gasteiger partial charge >= 0.3 is 0 Å². The third kappa shape index (κ3) is 3.52.